The molecule has 0 atom stereocenters. The van der Waals surface area contributed by atoms with Crippen molar-refractivity contribution in [3.05, 3.63) is 88.4 Å². The fourth-order valence-electron chi connectivity index (χ4n) is 3.26. The molecule has 2 amide bonds. The van der Waals surface area contributed by atoms with Gasteiger partial charge in [-0.2, -0.15) is 5.10 Å². The maximum atomic E-state index is 12.4. The molecule has 3 rings (SSSR count). The van der Waals surface area contributed by atoms with Crippen LogP contribution < -0.4 is 19.8 Å². The first-order valence-electron chi connectivity index (χ1n) is 11.2. The first kappa shape index (κ1) is 27.7. The summed E-state index contributed by atoms with van der Waals surface area (Å²) in [5.41, 5.74) is 5.75. The van der Waals surface area contributed by atoms with E-state index in [9.17, 15) is 18.0 Å². The number of sulfonamides is 1. The highest BCUT2D eigenvalue weighted by Gasteiger charge is 2.22. The molecular formula is C26H27ClN4O5S. The predicted molar refractivity (Wildman–Crippen MR) is 146 cm³/mol. The van der Waals surface area contributed by atoms with Crippen molar-refractivity contribution in [1.29, 1.82) is 0 Å². The monoisotopic (exact) mass is 542 g/mol. The van der Waals surface area contributed by atoms with Crippen LogP contribution in [0.5, 0.6) is 5.75 Å². The molecule has 0 aromatic heterocycles. The van der Waals surface area contributed by atoms with E-state index >= 15 is 0 Å². The molecule has 9 nitrogen and oxygen atoms in total. The zero-order valence-electron chi connectivity index (χ0n) is 20.6. The van der Waals surface area contributed by atoms with Gasteiger partial charge in [-0.3, -0.25) is 13.9 Å². The minimum atomic E-state index is -3.73. The third-order valence-electron chi connectivity index (χ3n) is 5.10. The maximum absolute atomic E-state index is 12.4. The Balaban J connectivity index is 1.51. The molecule has 0 aliphatic carbocycles. The Hall–Kier alpha value is -3.89. The summed E-state index contributed by atoms with van der Waals surface area (Å²) < 4.78 is 31.0. The predicted octanol–water partition coefficient (Wildman–Crippen LogP) is 3.89. The Morgan fingerprint density at radius 1 is 1.00 bits per heavy atom. The van der Waals surface area contributed by atoms with E-state index in [-0.39, 0.29) is 12.5 Å². The summed E-state index contributed by atoms with van der Waals surface area (Å²) in [6.45, 7) is 3.07. The minimum Gasteiger partial charge on any atom is -0.484 e. The molecule has 2 N–H and O–H groups in total. The first-order chi connectivity index (χ1) is 17.5. The van der Waals surface area contributed by atoms with E-state index in [1.807, 2.05) is 31.2 Å². The van der Waals surface area contributed by atoms with Crippen LogP contribution in [0, 0.1) is 13.8 Å². The van der Waals surface area contributed by atoms with Gasteiger partial charge in [-0.15, -0.1) is 0 Å². The number of halogens is 1. The number of benzene rings is 3. The molecule has 3 aromatic rings. The molecule has 0 radical (unpaired) electrons. The van der Waals surface area contributed by atoms with Crippen molar-refractivity contribution in [2.45, 2.75) is 13.8 Å². The quantitative estimate of drug-likeness (QED) is 0.298. The van der Waals surface area contributed by atoms with Gasteiger partial charge < -0.3 is 10.1 Å². The lowest BCUT2D eigenvalue weighted by Gasteiger charge is -2.23. The van der Waals surface area contributed by atoms with Crippen molar-refractivity contribution in [1.82, 2.24) is 5.43 Å². The summed E-state index contributed by atoms with van der Waals surface area (Å²) >= 11 is 5.95. The molecular weight excluding hydrogens is 516 g/mol. The number of hydrazone groups is 1. The standard InChI is InChI=1S/C26H27ClN4O5S/c1-18-4-9-22(10-5-18)29-26(33)17-36-23-11-6-20(7-12-23)15-28-30-25(32)16-31(37(3,34)35)24-13-8-21(27)14-19(24)2/h4-15H,16-17H2,1-3H3,(H,29,33)(H,30,32)/b28-15+. The molecule has 194 valence electrons. The number of aryl methyl sites for hydroxylation is 2. The molecule has 0 saturated heterocycles. The Kier molecular flexibility index (Phi) is 9.26. The second-order valence-electron chi connectivity index (χ2n) is 8.27. The van der Waals surface area contributed by atoms with Gasteiger partial charge in [0.1, 0.15) is 12.3 Å². The normalized spacial score (nSPS) is 11.2. The van der Waals surface area contributed by atoms with Crippen molar-refractivity contribution in [2.75, 3.05) is 29.0 Å². The van der Waals surface area contributed by atoms with E-state index in [2.05, 4.69) is 15.8 Å². The SMILES string of the molecule is Cc1ccc(NC(=O)COc2ccc(/C=N/NC(=O)CN(c3ccc(Cl)cc3C)S(C)(=O)=O)cc2)cc1. The molecule has 37 heavy (non-hydrogen) atoms. The van der Waals surface area contributed by atoms with Gasteiger partial charge in [0.2, 0.25) is 10.0 Å². The summed E-state index contributed by atoms with van der Waals surface area (Å²) in [7, 11) is -3.73. The van der Waals surface area contributed by atoms with Crippen molar-refractivity contribution in [3.63, 3.8) is 0 Å². The number of carbonyl (C=O) groups excluding carboxylic acids is 2. The number of anilines is 2. The molecule has 0 fully saturated rings. The van der Waals surface area contributed by atoms with Gasteiger partial charge in [0.15, 0.2) is 6.61 Å². The number of rotatable bonds is 10. The van der Waals surface area contributed by atoms with Gasteiger partial charge in [0.05, 0.1) is 18.2 Å². The second kappa shape index (κ2) is 12.4. The summed E-state index contributed by atoms with van der Waals surface area (Å²) in [5.74, 6) is -0.410. The van der Waals surface area contributed by atoms with Crippen LogP contribution in [-0.2, 0) is 19.6 Å². The van der Waals surface area contributed by atoms with Gasteiger partial charge >= 0.3 is 0 Å². The number of ether oxygens (including phenoxy) is 1. The van der Waals surface area contributed by atoms with Crippen LogP contribution in [0.25, 0.3) is 0 Å². The highest BCUT2D eigenvalue weighted by atomic mass is 35.5. The average Bonchev–Trinajstić information content (AvgIpc) is 2.83. The van der Waals surface area contributed by atoms with Crippen molar-refractivity contribution >= 4 is 51.0 Å². The van der Waals surface area contributed by atoms with Crippen LogP contribution in [0.3, 0.4) is 0 Å². The summed E-state index contributed by atoms with van der Waals surface area (Å²) in [6.07, 6.45) is 2.43. The highest BCUT2D eigenvalue weighted by molar-refractivity contribution is 7.92. The number of nitrogens with zero attached hydrogens (tertiary/aromatic N) is 2. The van der Waals surface area contributed by atoms with Crippen molar-refractivity contribution in [2.24, 2.45) is 5.10 Å². The smallest absolute Gasteiger partial charge is 0.262 e. The van der Waals surface area contributed by atoms with Gasteiger partial charge in [-0.1, -0.05) is 29.3 Å². The van der Waals surface area contributed by atoms with E-state index in [1.54, 1.807) is 49.4 Å². The molecule has 0 unspecified atom stereocenters. The number of carbonyl (C=O) groups is 2. The number of nitrogens with one attached hydrogen (secondary N) is 2. The topological polar surface area (TPSA) is 117 Å². The van der Waals surface area contributed by atoms with Crippen LogP contribution >= 0.6 is 11.6 Å². The first-order valence-corrected chi connectivity index (χ1v) is 13.4. The van der Waals surface area contributed by atoms with Crippen LogP contribution in [0.2, 0.25) is 5.02 Å². The molecule has 0 heterocycles. The Labute approximate surface area is 221 Å². The Morgan fingerprint density at radius 3 is 2.30 bits per heavy atom. The largest absolute Gasteiger partial charge is 0.484 e. The van der Waals surface area contributed by atoms with Gasteiger partial charge in [0.25, 0.3) is 11.8 Å². The fraction of sp³-hybridized carbons (Fsp3) is 0.192. The van der Waals surface area contributed by atoms with E-state index in [0.717, 1.165) is 16.1 Å². The van der Waals surface area contributed by atoms with Gasteiger partial charge in [-0.05, 0) is 79.6 Å². The third kappa shape index (κ3) is 8.62. The minimum absolute atomic E-state index is 0.151. The lowest BCUT2D eigenvalue weighted by Crippen LogP contribution is -2.39. The molecule has 0 aliphatic rings. The van der Waals surface area contributed by atoms with Crippen LogP contribution in [0.1, 0.15) is 16.7 Å². The molecule has 3 aromatic carbocycles. The van der Waals surface area contributed by atoms with Gasteiger partial charge in [-0.25, -0.2) is 13.8 Å². The molecule has 0 saturated carbocycles. The lowest BCUT2D eigenvalue weighted by molar-refractivity contribution is -0.119. The van der Waals surface area contributed by atoms with Crippen molar-refractivity contribution in [3.8, 4) is 5.75 Å². The zero-order chi connectivity index (χ0) is 27.0. The van der Waals surface area contributed by atoms with E-state index in [0.29, 0.717) is 33.3 Å². The fourth-order valence-corrected chi connectivity index (χ4v) is 4.40. The maximum Gasteiger partial charge on any atom is 0.262 e. The second-order valence-corrected chi connectivity index (χ2v) is 10.6. The summed E-state index contributed by atoms with van der Waals surface area (Å²) in [4.78, 5) is 24.4. The van der Waals surface area contributed by atoms with Crippen LogP contribution in [0.4, 0.5) is 11.4 Å². The summed E-state index contributed by atoms with van der Waals surface area (Å²) in [5, 5.41) is 7.11. The number of amides is 2. The van der Waals surface area contributed by atoms with Crippen LogP contribution in [0.15, 0.2) is 71.8 Å². The highest BCUT2D eigenvalue weighted by Crippen LogP contribution is 2.25. The number of hydrogen-bond donors (Lipinski definition) is 2. The molecule has 11 heteroatoms. The lowest BCUT2D eigenvalue weighted by atomic mass is 10.2. The van der Waals surface area contributed by atoms with E-state index < -0.39 is 22.5 Å². The summed E-state index contributed by atoms with van der Waals surface area (Å²) in [6, 6.07) is 18.9. The van der Waals surface area contributed by atoms with Crippen LogP contribution in [-0.4, -0.2) is 45.9 Å². The molecule has 0 spiro atoms. The van der Waals surface area contributed by atoms with E-state index in [1.165, 1.54) is 6.21 Å². The third-order valence-corrected chi connectivity index (χ3v) is 6.46. The average molecular weight is 543 g/mol. The van der Waals surface area contributed by atoms with E-state index in [4.69, 9.17) is 16.3 Å². The Morgan fingerprint density at radius 2 is 1.68 bits per heavy atom. The molecule has 0 bridgehead atoms. The zero-order valence-corrected chi connectivity index (χ0v) is 22.1. The molecule has 0 aliphatic heterocycles. The number of hydrogen-bond acceptors (Lipinski definition) is 6. The van der Waals surface area contributed by atoms with Crippen molar-refractivity contribution < 1.29 is 22.7 Å². The Bertz CT molecular complexity index is 1390. The van der Waals surface area contributed by atoms with Gasteiger partial charge in [0, 0.05) is 10.7 Å².